The molecule has 22 heavy (non-hydrogen) atoms. The third kappa shape index (κ3) is 5.87. The molecule has 1 aromatic carbocycles. The standard InChI is InChI=1S/C15H26NO5P/c1-5-20-22(17,21-6-2)11-7-10-16-13-8-9-14(18-3)15(12-13)19-4/h8-9,12,16H,5-7,10-11H2,1-4H3. The van der Waals surface area contributed by atoms with Crippen molar-refractivity contribution in [2.24, 2.45) is 0 Å². The molecule has 0 atom stereocenters. The van der Waals surface area contributed by atoms with Gasteiger partial charge in [-0.05, 0) is 32.4 Å². The molecule has 0 saturated carbocycles. The number of methoxy groups -OCH3 is 2. The van der Waals surface area contributed by atoms with Gasteiger partial charge in [0.05, 0.1) is 33.6 Å². The number of benzene rings is 1. The van der Waals surface area contributed by atoms with Crippen LogP contribution in [0.4, 0.5) is 5.69 Å². The van der Waals surface area contributed by atoms with Crippen molar-refractivity contribution in [3.63, 3.8) is 0 Å². The maximum atomic E-state index is 12.3. The van der Waals surface area contributed by atoms with Crippen molar-refractivity contribution in [3.05, 3.63) is 18.2 Å². The van der Waals surface area contributed by atoms with E-state index in [9.17, 15) is 4.57 Å². The van der Waals surface area contributed by atoms with Crippen LogP contribution in [0.2, 0.25) is 0 Å². The van der Waals surface area contributed by atoms with Crippen molar-refractivity contribution in [1.82, 2.24) is 0 Å². The first-order valence-corrected chi connectivity index (χ1v) is 9.15. The van der Waals surface area contributed by atoms with Crippen molar-refractivity contribution in [2.75, 3.05) is 45.5 Å². The first kappa shape index (κ1) is 18.8. The second-order valence-electron chi connectivity index (χ2n) is 4.52. The summed E-state index contributed by atoms with van der Waals surface area (Å²) in [7, 11) is 0.247. The number of nitrogens with one attached hydrogen (secondary N) is 1. The van der Waals surface area contributed by atoms with Crippen LogP contribution in [0.1, 0.15) is 20.3 Å². The molecule has 1 rings (SSSR count). The molecule has 1 aromatic rings. The Kier molecular flexibility index (Phi) is 8.31. The maximum absolute atomic E-state index is 12.3. The molecule has 0 spiro atoms. The van der Waals surface area contributed by atoms with Crippen LogP contribution in [0, 0.1) is 0 Å². The number of anilines is 1. The first-order chi connectivity index (χ1) is 10.6. The maximum Gasteiger partial charge on any atom is 0.330 e. The van der Waals surface area contributed by atoms with Gasteiger partial charge in [-0.1, -0.05) is 0 Å². The Morgan fingerprint density at radius 1 is 1.05 bits per heavy atom. The van der Waals surface area contributed by atoms with Gasteiger partial charge >= 0.3 is 7.60 Å². The minimum Gasteiger partial charge on any atom is -0.493 e. The van der Waals surface area contributed by atoms with Gasteiger partial charge in [0.2, 0.25) is 0 Å². The van der Waals surface area contributed by atoms with Gasteiger partial charge in [0, 0.05) is 18.3 Å². The van der Waals surface area contributed by atoms with Crippen molar-refractivity contribution in [2.45, 2.75) is 20.3 Å². The van der Waals surface area contributed by atoms with Crippen molar-refractivity contribution in [1.29, 1.82) is 0 Å². The Morgan fingerprint density at radius 2 is 1.68 bits per heavy atom. The number of hydrogen-bond acceptors (Lipinski definition) is 6. The molecule has 0 amide bonds. The fraction of sp³-hybridized carbons (Fsp3) is 0.600. The lowest BCUT2D eigenvalue weighted by molar-refractivity contribution is 0.220. The predicted molar refractivity (Wildman–Crippen MR) is 88.4 cm³/mol. The van der Waals surface area contributed by atoms with Gasteiger partial charge in [0.25, 0.3) is 0 Å². The molecular formula is C15H26NO5P. The molecule has 6 nitrogen and oxygen atoms in total. The zero-order chi connectivity index (χ0) is 16.4. The first-order valence-electron chi connectivity index (χ1n) is 7.42. The van der Waals surface area contributed by atoms with E-state index in [0.29, 0.717) is 43.8 Å². The molecule has 0 aliphatic heterocycles. The van der Waals surface area contributed by atoms with Gasteiger partial charge in [0.15, 0.2) is 11.5 Å². The van der Waals surface area contributed by atoms with Gasteiger partial charge in [-0.2, -0.15) is 0 Å². The molecule has 0 aliphatic carbocycles. The summed E-state index contributed by atoms with van der Waals surface area (Å²) in [5.74, 6) is 1.35. The summed E-state index contributed by atoms with van der Waals surface area (Å²) in [6.07, 6.45) is 1.08. The molecule has 0 bridgehead atoms. The lowest BCUT2D eigenvalue weighted by atomic mass is 10.2. The van der Waals surface area contributed by atoms with Gasteiger partial charge in [-0.3, -0.25) is 4.57 Å². The van der Waals surface area contributed by atoms with Crippen molar-refractivity contribution >= 4 is 13.3 Å². The third-order valence-electron chi connectivity index (χ3n) is 2.97. The van der Waals surface area contributed by atoms with E-state index < -0.39 is 7.60 Å². The van der Waals surface area contributed by atoms with E-state index in [4.69, 9.17) is 18.5 Å². The largest absolute Gasteiger partial charge is 0.493 e. The van der Waals surface area contributed by atoms with Crippen molar-refractivity contribution in [3.8, 4) is 11.5 Å². The van der Waals surface area contributed by atoms with E-state index in [1.807, 2.05) is 32.0 Å². The van der Waals surface area contributed by atoms with Gasteiger partial charge < -0.3 is 23.8 Å². The fourth-order valence-electron chi connectivity index (χ4n) is 2.01. The summed E-state index contributed by atoms with van der Waals surface area (Å²) < 4.78 is 33.3. The van der Waals surface area contributed by atoms with E-state index >= 15 is 0 Å². The Bertz CT molecular complexity index is 485. The average molecular weight is 331 g/mol. The highest BCUT2D eigenvalue weighted by Gasteiger charge is 2.22. The summed E-state index contributed by atoms with van der Waals surface area (Å²) in [6.45, 7) is 5.07. The van der Waals surface area contributed by atoms with Crippen LogP contribution >= 0.6 is 7.60 Å². The number of ether oxygens (including phenoxy) is 2. The number of hydrogen-bond donors (Lipinski definition) is 1. The predicted octanol–water partition coefficient (Wildman–Crippen LogP) is 3.77. The molecule has 0 aromatic heterocycles. The number of rotatable bonds is 11. The van der Waals surface area contributed by atoms with E-state index in [0.717, 1.165) is 5.69 Å². The minimum atomic E-state index is -2.95. The zero-order valence-corrected chi connectivity index (χ0v) is 14.7. The van der Waals surface area contributed by atoms with Gasteiger partial charge in [-0.15, -0.1) is 0 Å². The highest BCUT2D eigenvalue weighted by Crippen LogP contribution is 2.48. The summed E-state index contributed by atoms with van der Waals surface area (Å²) >= 11 is 0. The monoisotopic (exact) mass is 331 g/mol. The Labute approximate surface area is 132 Å². The fourth-order valence-corrected chi connectivity index (χ4v) is 3.68. The molecule has 1 N–H and O–H groups in total. The highest BCUT2D eigenvalue weighted by molar-refractivity contribution is 7.53. The van der Waals surface area contributed by atoms with Crippen LogP contribution in [0.25, 0.3) is 0 Å². The van der Waals surface area contributed by atoms with Crippen LogP contribution in [-0.4, -0.2) is 40.1 Å². The molecule has 0 unspecified atom stereocenters. The normalized spacial score (nSPS) is 11.3. The highest BCUT2D eigenvalue weighted by atomic mass is 31.2. The molecule has 7 heteroatoms. The quantitative estimate of drug-likeness (QED) is 0.492. The van der Waals surface area contributed by atoms with Crippen LogP contribution in [-0.2, 0) is 13.6 Å². The second kappa shape index (κ2) is 9.72. The summed E-state index contributed by atoms with van der Waals surface area (Å²) in [6, 6.07) is 5.61. The van der Waals surface area contributed by atoms with Gasteiger partial charge in [0.1, 0.15) is 0 Å². The van der Waals surface area contributed by atoms with E-state index in [-0.39, 0.29) is 0 Å². The summed E-state index contributed by atoms with van der Waals surface area (Å²) in [4.78, 5) is 0. The summed E-state index contributed by atoms with van der Waals surface area (Å²) in [5, 5.41) is 3.26. The van der Waals surface area contributed by atoms with Crippen LogP contribution in [0.15, 0.2) is 18.2 Å². The average Bonchev–Trinajstić information content (AvgIpc) is 2.52. The van der Waals surface area contributed by atoms with Crippen LogP contribution in [0.3, 0.4) is 0 Å². The molecule has 0 aliphatic rings. The Morgan fingerprint density at radius 3 is 2.23 bits per heavy atom. The smallest absolute Gasteiger partial charge is 0.330 e. The van der Waals surface area contributed by atoms with E-state index in [2.05, 4.69) is 5.32 Å². The molecular weight excluding hydrogens is 305 g/mol. The van der Waals surface area contributed by atoms with E-state index in [1.165, 1.54) is 0 Å². The molecule has 126 valence electrons. The molecule has 0 saturated heterocycles. The Hall–Kier alpha value is -1.23. The zero-order valence-electron chi connectivity index (χ0n) is 13.8. The lowest BCUT2D eigenvalue weighted by Crippen LogP contribution is -2.07. The second-order valence-corrected chi connectivity index (χ2v) is 6.71. The third-order valence-corrected chi connectivity index (χ3v) is 5.14. The SMILES string of the molecule is CCOP(=O)(CCCNc1ccc(OC)c(OC)c1)OCC. The van der Waals surface area contributed by atoms with Crippen LogP contribution in [0.5, 0.6) is 11.5 Å². The minimum absolute atomic E-state index is 0.389. The summed E-state index contributed by atoms with van der Waals surface area (Å²) in [5.41, 5.74) is 0.917. The Balaban J connectivity index is 2.48. The molecule has 0 fully saturated rings. The topological polar surface area (TPSA) is 66.0 Å². The van der Waals surface area contributed by atoms with Crippen LogP contribution < -0.4 is 14.8 Å². The lowest BCUT2D eigenvalue weighted by Gasteiger charge is -2.17. The van der Waals surface area contributed by atoms with Crippen molar-refractivity contribution < 1.29 is 23.1 Å². The van der Waals surface area contributed by atoms with E-state index in [1.54, 1.807) is 14.2 Å². The molecule has 0 heterocycles. The molecule has 0 radical (unpaired) electrons. The van der Waals surface area contributed by atoms with Gasteiger partial charge in [-0.25, -0.2) is 0 Å².